The Morgan fingerprint density at radius 2 is 1.06 bits per heavy atom. The maximum Gasteiger partial charge on any atom is 0.436 e. The number of rotatable bonds is 1. The van der Waals surface area contributed by atoms with Gasteiger partial charge in [-0.1, -0.05) is 0 Å². The zero-order valence-electron chi connectivity index (χ0n) is 8.00. The third kappa shape index (κ3) is 1.99. The van der Waals surface area contributed by atoms with Gasteiger partial charge in [0.15, 0.2) is 11.6 Å². The quantitative estimate of drug-likeness (QED) is 0.717. The van der Waals surface area contributed by atoms with Crippen LogP contribution in [0.15, 0.2) is 12.4 Å². The van der Waals surface area contributed by atoms with Crippen LogP contribution in [0.2, 0.25) is 0 Å². The molecule has 10 heteroatoms. The van der Waals surface area contributed by atoms with Gasteiger partial charge in [-0.2, -0.15) is 26.3 Å². The van der Waals surface area contributed by atoms with Crippen molar-refractivity contribution in [2.24, 2.45) is 0 Å². The van der Waals surface area contributed by atoms with Gasteiger partial charge in [0.25, 0.3) is 0 Å². The fourth-order valence-electron chi connectivity index (χ4n) is 1.18. The summed E-state index contributed by atoms with van der Waals surface area (Å²) in [5, 5.41) is 0. The van der Waals surface area contributed by atoms with Gasteiger partial charge >= 0.3 is 18.0 Å². The number of aromatic nitrogens is 1. The molecule has 102 valence electrons. The SMILES string of the molecule is Fc1cncc(F)c1C(F)(C(F)(F)F)C(F)(F)F. The number of halogens is 9. The summed E-state index contributed by atoms with van der Waals surface area (Å²) in [6.45, 7) is 0. The van der Waals surface area contributed by atoms with E-state index in [1.807, 2.05) is 0 Å². The van der Waals surface area contributed by atoms with E-state index in [2.05, 4.69) is 4.98 Å². The molecule has 1 aromatic heterocycles. The molecule has 0 atom stereocenters. The van der Waals surface area contributed by atoms with Crippen LogP contribution in [0, 0.1) is 11.6 Å². The maximum absolute atomic E-state index is 13.3. The van der Waals surface area contributed by atoms with Crippen molar-refractivity contribution in [2.75, 3.05) is 0 Å². The number of pyridine rings is 1. The summed E-state index contributed by atoms with van der Waals surface area (Å²) in [5.74, 6) is -4.76. The molecular weight excluding hydrogens is 281 g/mol. The van der Waals surface area contributed by atoms with Crippen LogP contribution in [-0.2, 0) is 5.67 Å². The van der Waals surface area contributed by atoms with Crippen molar-refractivity contribution in [3.05, 3.63) is 29.6 Å². The molecule has 0 aliphatic heterocycles. The predicted molar refractivity (Wildman–Crippen MR) is 39.0 cm³/mol. The Balaban J connectivity index is 3.67. The summed E-state index contributed by atoms with van der Waals surface area (Å²) in [7, 11) is 0. The molecular formula is C8H2F9N. The lowest BCUT2D eigenvalue weighted by Crippen LogP contribution is -2.51. The minimum atomic E-state index is -6.58. The molecule has 0 aliphatic rings. The Morgan fingerprint density at radius 3 is 1.33 bits per heavy atom. The van der Waals surface area contributed by atoms with Crippen molar-refractivity contribution in [2.45, 2.75) is 18.0 Å². The molecule has 1 heterocycles. The van der Waals surface area contributed by atoms with E-state index in [9.17, 15) is 39.5 Å². The van der Waals surface area contributed by atoms with Gasteiger partial charge in [0.05, 0.1) is 18.0 Å². The third-order valence-electron chi connectivity index (χ3n) is 1.98. The van der Waals surface area contributed by atoms with Gasteiger partial charge in [0.1, 0.15) is 0 Å². The Kier molecular flexibility index (Phi) is 3.26. The van der Waals surface area contributed by atoms with Gasteiger partial charge in [0, 0.05) is 0 Å². The van der Waals surface area contributed by atoms with Crippen LogP contribution in [0.25, 0.3) is 0 Å². The van der Waals surface area contributed by atoms with Gasteiger partial charge in [-0.25, -0.2) is 13.2 Å². The monoisotopic (exact) mass is 283 g/mol. The second kappa shape index (κ2) is 4.02. The molecule has 1 nitrogen and oxygen atoms in total. The van der Waals surface area contributed by atoms with Crippen molar-refractivity contribution < 1.29 is 39.5 Å². The zero-order chi connectivity index (χ0) is 14.4. The zero-order valence-corrected chi connectivity index (χ0v) is 8.00. The summed E-state index contributed by atoms with van der Waals surface area (Å²) in [6.07, 6.45) is -13.4. The Labute approximate surface area is 93.2 Å². The van der Waals surface area contributed by atoms with E-state index >= 15 is 0 Å². The fraction of sp³-hybridized carbons (Fsp3) is 0.375. The Bertz CT molecular complexity index is 413. The fourth-order valence-corrected chi connectivity index (χ4v) is 1.18. The van der Waals surface area contributed by atoms with Crippen LogP contribution in [0.1, 0.15) is 5.56 Å². The van der Waals surface area contributed by atoms with Gasteiger partial charge < -0.3 is 0 Å². The molecule has 0 N–H and O–H groups in total. The summed E-state index contributed by atoms with van der Waals surface area (Å²) in [5.41, 5.74) is -8.92. The van der Waals surface area contributed by atoms with Crippen LogP contribution in [0.4, 0.5) is 39.5 Å². The van der Waals surface area contributed by atoms with Gasteiger partial charge in [-0.05, 0) is 0 Å². The summed E-state index contributed by atoms with van der Waals surface area (Å²) in [6, 6.07) is 0. The normalized spacial score (nSPS) is 13.8. The maximum atomic E-state index is 13.3. The minimum absolute atomic E-state index is 0.149. The molecule has 0 bridgehead atoms. The van der Waals surface area contributed by atoms with E-state index in [1.54, 1.807) is 0 Å². The molecule has 18 heavy (non-hydrogen) atoms. The lowest BCUT2D eigenvalue weighted by atomic mass is 9.94. The predicted octanol–water partition coefficient (Wildman–Crippen LogP) is 3.65. The number of alkyl halides is 7. The topological polar surface area (TPSA) is 12.9 Å². The molecule has 0 unspecified atom stereocenters. The van der Waals surface area contributed by atoms with Crippen molar-refractivity contribution in [1.29, 1.82) is 0 Å². The summed E-state index contributed by atoms with van der Waals surface area (Å²) >= 11 is 0. The summed E-state index contributed by atoms with van der Waals surface area (Å²) < 4.78 is 112. The third-order valence-corrected chi connectivity index (χ3v) is 1.98. The molecule has 0 saturated carbocycles. The van der Waals surface area contributed by atoms with Crippen molar-refractivity contribution >= 4 is 0 Å². The number of nitrogens with zero attached hydrogens (tertiary/aromatic N) is 1. The van der Waals surface area contributed by atoms with E-state index in [0.717, 1.165) is 0 Å². The number of hydrogen-bond acceptors (Lipinski definition) is 1. The van der Waals surface area contributed by atoms with E-state index in [1.165, 1.54) is 0 Å². The first-order valence-corrected chi connectivity index (χ1v) is 4.04. The van der Waals surface area contributed by atoms with E-state index in [0.29, 0.717) is 0 Å². The van der Waals surface area contributed by atoms with Crippen LogP contribution >= 0.6 is 0 Å². The molecule has 0 aliphatic carbocycles. The smallest absolute Gasteiger partial charge is 0.259 e. The molecule has 0 fully saturated rings. The van der Waals surface area contributed by atoms with Crippen molar-refractivity contribution in [3.8, 4) is 0 Å². The second-order valence-electron chi connectivity index (χ2n) is 3.13. The molecule has 1 aromatic rings. The van der Waals surface area contributed by atoms with Gasteiger partial charge in [-0.3, -0.25) is 4.98 Å². The highest BCUT2D eigenvalue weighted by Crippen LogP contribution is 2.54. The highest BCUT2D eigenvalue weighted by atomic mass is 19.4. The minimum Gasteiger partial charge on any atom is -0.259 e. The van der Waals surface area contributed by atoms with Crippen molar-refractivity contribution in [3.63, 3.8) is 0 Å². The lowest BCUT2D eigenvalue weighted by molar-refractivity contribution is -0.350. The second-order valence-corrected chi connectivity index (χ2v) is 3.13. The molecule has 0 amide bonds. The molecule has 0 saturated heterocycles. The van der Waals surface area contributed by atoms with E-state index in [-0.39, 0.29) is 12.4 Å². The Morgan fingerprint density at radius 1 is 0.722 bits per heavy atom. The van der Waals surface area contributed by atoms with Gasteiger partial charge in [0.2, 0.25) is 0 Å². The van der Waals surface area contributed by atoms with E-state index < -0.39 is 35.2 Å². The van der Waals surface area contributed by atoms with Crippen LogP contribution in [0.5, 0.6) is 0 Å². The first kappa shape index (κ1) is 14.6. The molecule has 0 spiro atoms. The average Bonchev–Trinajstić information content (AvgIpc) is 2.13. The highest BCUT2D eigenvalue weighted by molar-refractivity contribution is 5.27. The largest absolute Gasteiger partial charge is 0.436 e. The standard InChI is InChI=1S/C8H2F9N/c9-3-1-18-2-4(10)5(3)6(11,7(12,13)14)8(15,16)17/h1-2H. The molecule has 1 rings (SSSR count). The van der Waals surface area contributed by atoms with Crippen LogP contribution < -0.4 is 0 Å². The highest BCUT2D eigenvalue weighted by Gasteiger charge is 2.75. The lowest BCUT2D eigenvalue weighted by Gasteiger charge is -2.30. The first-order valence-electron chi connectivity index (χ1n) is 4.04. The average molecular weight is 283 g/mol. The van der Waals surface area contributed by atoms with Crippen molar-refractivity contribution in [1.82, 2.24) is 4.98 Å². The Hall–Kier alpha value is -1.48. The van der Waals surface area contributed by atoms with Crippen LogP contribution in [0.3, 0.4) is 0 Å². The first-order chi connectivity index (χ1) is 7.93. The number of hydrogen-bond donors (Lipinski definition) is 0. The summed E-state index contributed by atoms with van der Waals surface area (Å²) in [4.78, 5) is 2.67. The molecule has 0 aromatic carbocycles. The molecule has 0 radical (unpaired) electrons. The van der Waals surface area contributed by atoms with E-state index in [4.69, 9.17) is 0 Å². The van der Waals surface area contributed by atoms with Crippen LogP contribution in [-0.4, -0.2) is 17.3 Å². The van der Waals surface area contributed by atoms with Gasteiger partial charge in [-0.15, -0.1) is 0 Å².